The molecule has 12 heavy (non-hydrogen) atoms. The van der Waals surface area contributed by atoms with Gasteiger partial charge in [0, 0.05) is 10.4 Å². The Morgan fingerprint density at radius 1 is 1.58 bits per heavy atom. The van der Waals surface area contributed by atoms with Gasteiger partial charge in [-0.15, -0.1) is 0 Å². The lowest BCUT2D eigenvalue weighted by Crippen LogP contribution is -2.23. The fourth-order valence-electron chi connectivity index (χ4n) is 1.68. The average Bonchev–Trinajstić information content (AvgIpc) is 2.05. The maximum absolute atomic E-state index is 5.84. The molecular weight excluding hydrogens is 235 g/mol. The molecule has 0 saturated heterocycles. The molecule has 0 bridgehead atoms. The highest BCUT2D eigenvalue weighted by Gasteiger charge is 2.29. The van der Waals surface area contributed by atoms with E-state index in [2.05, 4.69) is 34.7 Å². The molecule has 0 heterocycles. The molecule has 1 rings (SSSR count). The summed E-state index contributed by atoms with van der Waals surface area (Å²) in [5, 5.41) is 1.81. The molecule has 0 fully saturated rings. The second kappa shape index (κ2) is 4.48. The van der Waals surface area contributed by atoms with Gasteiger partial charge in [0.15, 0.2) is 0 Å². The minimum absolute atomic E-state index is 0.341. The smallest absolute Gasteiger partial charge is 0.0115 e. The molecule has 0 radical (unpaired) electrons. The van der Waals surface area contributed by atoms with Crippen molar-refractivity contribution in [2.45, 2.75) is 25.7 Å². The van der Waals surface area contributed by atoms with Gasteiger partial charge in [0.05, 0.1) is 0 Å². The number of hydrogen-bond donors (Lipinski definition) is 0. The maximum atomic E-state index is 5.84. The third-order valence-electron chi connectivity index (χ3n) is 2.41. The molecule has 1 aliphatic carbocycles. The summed E-state index contributed by atoms with van der Waals surface area (Å²) in [6.45, 7) is 3.76. The van der Waals surface area contributed by atoms with Gasteiger partial charge in [0.1, 0.15) is 0 Å². The van der Waals surface area contributed by atoms with Crippen molar-refractivity contribution in [2.75, 3.05) is 5.33 Å². The fourth-order valence-corrected chi connectivity index (χ4v) is 2.67. The quantitative estimate of drug-likeness (QED) is 0.518. The highest BCUT2D eigenvalue weighted by atomic mass is 79.9. The van der Waals surface area contributed by atoms with Gasteiger partial charge in [-0.2, -0.15) is 0 Å². The summed E-state index contributed by atoms with van der Waals surface area (Å²) in [7, 11) is 0. The molecule has 0 saturated carbocycles. The van der Waals surface area contributed by atoms with E-state index in [0.29, 0.717) is 5.41 Å². The molecule has 0 aromatic rings. The van der Waals surface area contributed by atoms with Crippen LogP contribution in [0.25, 0.3) is 0 Å². The normalized spacial score (nSPS) is 28.8. The van der Waals surface area contributed by atoms with Crippen molar-refractivity contribution in [3.05, 3.63) is 23.8 Å². The van der Waals surface area contributed by atoms with E-state index in [9.17, 15) is 0 Å². The van der Waals surface area contributed by atoms with Crippen LogP contribution in [0.2, 0.25) is 0 Å². The van der Waals surface area contributed by atoms with E-state index >= 15 is 0 Å². The molecule has 0 nitrogen and oxygen atoms in total. The first-order valence-corrected chi connectivity index (χ1v) is 5.73. The standard InChI is InChI=1S/C10H14BrCl/c1-9(12)7-10(8-11)5-3-2-4-6-10/h2-3H,1,4-8H2. The highest BCUT2D eigenvalue weighted by Crippen LogP contribution is 2.40. The second-order valence-corrected chi connectivity index (χ2v) is 4.64. The van der Waals surface area contributed by atoms with Crippen LogP contribution in [0.3, 0.4) is 0 Å². The first-order valence-electron chi connectivity index (χ1n) is 4.23. The molecule has 1 atom stereocenters. The van der Waals surface area contributed by atoms with Crippen molar-refractivity contribution in [3.63, 3.8) is 0 Å². The zero-order chi connectivity index (χ0) is 9.03. The molecular formula is C10H14BrCl. The Hall–Kier alpha value is 0.250. The molecule has 0 aromatic heterocycles. The van der Waals surface area contributed by atoms with Crippen LogP contribution in [0.4, 0.5) is 0 Å². The molecule has 2 heteroatoms. The largest absolute Gasteiger partial charge is 0.0922 e. The number of rotatable bonds is 3. The van der Waals surface area contributed by atoms with Crippen LogP contribution in [-0.4, -0.2) is 5.33 Å². The lowest BCUT2D eigenvalue weighted by Gasteiger charge is -2.32. The Kier molecular flexibility index (Phi) is 3.85. The lowest BCUT2D eigenvalue weighted by atomic mass is 9.76. The van der Waals surface area contributed by atoms with Gasteiger partial charge in [-0.25, -0.2) is 0 Å². The zero-order valence-electron chi connectivity index (χ0n) is 7.15. The molecule has 0 spiro atoms. The maximum Gasteiger partial charge on any atom is 0.0115 e. The monoisotopic (exact) mass is 248 g/mol. The number of hydrogen-bond acceptors (Lipinski definition) is 0. The SMILES string of the molecule is C=C(Cl)CC1(CBr)CC=CCC1. The summed E-state index contributed by atoms with van der Waals surface area (Å²) in [4.78, 5) is 0. The van der Waals surface area contributed by atoms with Crippen molar-refractivity contribution in [3.8, 4) is 0 Å². The van der Waals surface area contributed by atoms with Gasteiger partial charge in [-0.05, 0) is 31.1 Å². The molecule has 0 aromatic carbocycles. The van der Waals surface area contributed by atoms with Crippen molar-refractivity contribution < 1.29 is 0 Å². The Bertz CT molecular complexity index is 198. The predicted molar refractivity (Wildman–Crippen MR) is 58.8 cm³/mol. The van der Waals surface area contributed by atoms with E-state index in [-0.39, 0.29) is 0 Å². The van der Waals surface area contributed by atoms with Crippen molar-refractivity contribution in [1.29, 1.82) is 0 Å². The molecule has 0 N–H and O–H groups in total. The summed E-state index contributed by atoms with van der Waals surface area (Å²) in [5.74, 6) is 0. The Labute approximate surface area is 87.8 Å². The molecule has 1 aliphatic rings. The van der Waals surface area contributed by atoms with Gasteiger partial charge in [0.2, 0.25) is 0 Å². The van der Waals surface area contributed by atoms with E-state index in [4.69, 9.17) is 11.6 Å². The minimum atomic E-state index is 0.341. The number of alkyl halides is 1. The third-order valence-corrected chi connectivity index (χ3v) is 3.73. The van der Waals surface area contributed by atoms with Crippen LogP contribution >= 0.6 is 27.5 Å². The van der Waals surface area contributed by atoms with Gasteiger partial charge >= 0.3 is 0 Å². The molecule has 0 aliphatic heterocycles. The van der Waals surface area contributed by atoms with E-state index < -0.39 is 0 Å². The summed E-state index contributed by atoms with van der Waals surface area (Å²) >= 11 is 9.40. The van der Waals surface area contributed by atoms with Gasteiger partial charge < -0.3 is 0 Å². The molecule has 68 valence electrons. The zero-order valence-corrected chi connectivity index (χ0v) is 9.50. The van der Waals surface area contributed by atoms with Crippen LogP contribution in [-0.2, 0) is 0 Å². The van der Waals surface area contributed by atoms with Crippen LogP contribution in [0.15, 0.2) is 23.8 Å². The first-order chi connectivity index (χ1) is 5.68. The van der Waals surface area contributed by atoms with Crippen molar-refractivity contribution in [2.24, 2.45) is 5.41 Å². The summed E-state index contributed by atoms with van der Waals surface area (Å²) in [6.07, 6.45) is 8.97. The highest BCUT2D eigenvalue weighted by molar-refractivity contribution is 9.09. The van der Waals surface area contributed by atoms with E-state index in [0.717, 1.165) is 23.2 Å². The van der Waals surface area contributed by atoms with Crippen LogP contribution in [0.1, 0.15) is 25.7 Å². The average molecular weight is 250 g/mol. The Morgan fingerprint density at radius 3 is 2.75 bits per heavy atom. The van der Waals surface area contributed by atoms with Crippen molar-refractivity contribution >= 4 is 27.5 Å². The van der Waals surface area contributed by atoms with Crippen LogP contribution in [0.5, 0.6) is 0 Å². The van der Waals surface area contributed by atoms with E-state index in [1.165, 1.54) is 12.8 Å². The summed E-state index contributed by atoms with van der Waals surface area (Å²) in [6, 6.07) is 0. The van der Waals surface area contributed by atoms with Gasteiger partial charge in [-0.1, -0.05) is 46.3 Å². The van der Waals surface area contributed by atoms with Gasteiger partial charge in [-0.3, -0.25) is 0 Å². The third kappa shape index (κ3) is 2.63. The fraction of sp³-hybridized carbons (Fsp3) is 0.600. The molecule has 0 amide bonds. The topological polar surface area (TPSA) is 0 Å². The first kappa shape index (κ1) is 10.3. The number of halogens is 2. The lowest BCUT2D eigenvalue weighted by molar-refractivity contribution is 0.305. The summed E-state index contributed by atoms with van der Waals surface area (Å²) < 4.78 is 0. The Morgan fingerprint density at radius 2 is 2.33 bits per heavy atom. The van der Waals surface area contributed by atoms with Crippen LogP contribution < -0.4 is 0 Å². The van der Waals surface area contributed by atoms with Crippen LogP contribution in [0, 0.1) is 5.41 Å². The van der Waals surface area contributed by atoms with Crippen molar-refractivity contribution in [1.82, 2.24) is 0 Å². The Balaban J connectivity index is 2.61. The number of allylic oxidation sites excluding steroid dienone is 3. The molecule has 1 unspecified atom stereocenters. The van der Waals surface area contributed by atoms with E-state index in [1.54, 1.807) is 0 Å². The summed E-state index contributed by atoms with van der Waals surface area (Å²) in [5.41, 5.74) is 0.341. The van der Waals surface area contributed by atoms with E-state index in [1.807, 2.05) is 0 Å². The minimum Gasteiger partial charge on any atom is -0.0922 e. The second-order valence-electron chi connectivity index (χ2n) is 3.54. The predicted octanol–water partition coefficient (Wildman–Crippen LogP) is 4.25. The van der Waals surface area contributed by atoms with Gasteiger partial charge in [0.25, 0.3) is 0 Å².